The van der Waals surface area contributed by atoms with Crippen LogP contribution in [0.4, 0.5) is 13.2 Å². The molecule has 1 aromatic rings. The summed E-state index contributed by atoms with van der Waals surface area (Å²) in [4.78, 5) is 11.3. The van der Waals surface area contributed by atoms with Crippen LogP contribution in [0.2, 0.25) is 0 Å². The molecule has 0 amide bonds. The van der Waals surface area contributed by atoms with Gasteiger partial charge in [-0.2, -0.15) is 13.2 Å². The monoisotopic (exact) mass is 317 g/mol. The van der Waals surface area contributed by atoms with Crippen molar-refractivity contribution in [3.63, 3.8) is 0 Å². The molecule has 0 radical (unpaired) electrons. The minimum atomic E-state index is -4.41. The van der Waals surface area contributed by atoms with Gasteiger partial charge < -0.3 is 4.57 Å². The Labute approximate surface area is 91.9 Å². The molecule has 0 aliphatic rings. The number of aryl methyl sites for hydroxylation is 1. The topological polar surface area (TPSA) is 22.0 Å². The van der Waals surface area contributed by atoms with Crippen LogP contribution in [0.5, 0.6) is 0 Å². The summed E-state index contributed by atoms with van der Waals surface area (Å²) in [6.45, 7) is 1.30. The molecule has 0 saturated carbocycles. The van der Waals surface area contributed by atoms with Gasteiger partial charge in [0.2, 0.25) is 0 Å². The van der Waals surface area contributed by atoms with Crippen molar-refractivity contribution >= 4 is 22.6 Å². The summed E-state index contributed by atoms with van der Waals surface area (Å²) in [5, 5.41) is 0. The Hall–Kier alpha value is -0.530. The second kappa shape index (κ2) is 3.56. The van der Waals surface area contributed by atoms with E-state index in [9.17, 15) is 18.0 Å². The van der Waals surface area contributed by atoms with Gasteiger partial charge in [0.15, 0.2) is 0 Å². The van der Waals surface area contributed by atoms with Gasteiger partial charge in [-0.25, -0.2) is 0 Å². The summed E-state index contributed by atoms with van der Waals surface area (Å²) in [7, 11) is 1.30. The van der Waals surface area contributed by atoms with Crippen molar-refractivity contribution in [1.29, 1.82) is 0 Å². The third-order valence-electron chi connectivity index (χ3n) is 1.87. The summed E-state index contributed by atoms with van der Waals surface area (Å²) < 4.78 is 38.3. The van der Waals surface area contributed by atoms with Crippen LogP contribution in [0.3, 0.4) is 0 Å². The Morgan fingerprint density at radius 1 is 1.43 bits per heavy atom. The average molecular weight is 317 g/mol. The van der Waals surface area contributed by atoms with Gasteiger partial charge in [0, 0.05) is 13.2 Å². The fourth-order valence-corrected chi connectivity index (χ4v) is 1.74. The molecule has 0 bridgehead atoms. The van der Waals surface area contributed by atoms with E-state index >= 15 is 0 Å². The van der Waals surface area contributed by atoms with Gasteiger partial charge in [0.1, 0.15) is 0 Å². The van der Waals surface area contributed by atoms with Crippen LogP contribution < -0.4 is 5.56 Å². The van der Waals surface area contributed by atoms with E-state index in [1.165, 1.54) is 14.0 Å². The van der Waals surface area contributed by atoms with Crippen molar-refractivity contribution in [2.45, 2.75) is 13.1 Å². The maximum absolute atomic E-state index is 12.4. The molecule has 1 aromatic heterocycles. The standard InChI is InChI=1S/C8H7F3INO/c1-4-5(8(9,10)11)3-13(2)7(14)6(4)12/h3H,1-2H3. The molecular formula is C8H7F3INO. The minimum absolute atomic E-state index is 0.0128. The van der Waals surface area contributed by atoms with Crippen molar-refractivity contribution in [2.75, 3.05) is 0 Å². The number of pyridine rings is 1. The Balaban J connectivity index is 3.57. The van der Waals surface area contributed by atoms with Gasteiger partial charge in [-0.15, -0.1) is 0 Å². The van der Waals surface area contributed by atoms with Crippen LogP contribution in [-0.4, -0.2) is 4.57 Å². The second-order valence-electron chi connectivity index (χ2n) is 2.90. The molecular weight excluding hydrogens is 310 g/mol. The second-order valence-corrected chi connectivity index (χ2v) is 3.97. The largest absolute Gasteiger partial charge is 0.418 e. The molecule has 0 fully saturated rings. The highest BCUT2D eigenvalue weighted by atomic mass is 127. The predicted molar refractivity (Wildman–Crippen MR) is 54.1 cm³/mol. The van der Waals surface area contributed by atoms with Crippen molar-refractivity contribution < 1.29 is 13.2 Å². The lowest BCUT2D eigenvalue weighted by molar-refractivity contribution is -0.138. The number of alkyl halides is 3. The number of aromatic nitrogens is 1. The summed E-state index contributed by atoms with van der Waals surface area (Å²) >= 11 is 1.63. The van der Waals surface area contributed by atoms with E-state index in [1.54, 1.807) is 22.6 Å². The molecule has 0 aliphatic heterocycles. The zero-order valence-corrected chi connectivity index (χ0v) is 9.60. The average Bonchev–Trinajstić information content (AvgIpc) is 2.06. The first-order valence-corrected chi connectivity index (χ1v) is 4.76. The normalized spacial score (nSPS) is 11.9. The Kier molecular flexibility index (Phi) is 2.93. The number of nitrogens with zero attached hydrogens (tertiary/aromatic N) is 1. The van der Waals surface area contributed by atoms with E-state index < -0.39 is 17.3 Å². The summed E-state index contributed by atoms with van der Waals surface area (Å²) in [6, 6.07) is 0. The van der Waals surface area contributed by atoms with Crippen molar-refractivity contribution in [3.8, 4) is 0 Å². The molecule has 2 nitrogen and oxygen atoms in total. The highest BCUT2D eigenvalue weighted by Gasteiger charge is 2.34. The highest BCUT2D eigenvalue weighted by Crippen LogP contribution is 2.31. The van der Waals surface area contributed by atoms with Gasteiger partial charge in [-0.3, -0.25) is 4.79 Å². The first-order chi connectivity index (χ1) is 6.25. The fraction of sp³-hybridized carbons (Fsp3) is 0.375. The molecule has 0 atom stereocenters. The van der Waals surface area contributed by atoms with Gasteiger partial charge >= 0.3 is 6.18 Å². The highest BCUT2D eigenvalue weighted by molar-refractivity contribution is 14.1. The molecule has 78 valence electrons. The maximum atomic E-state index is 12.4. The molecule has 0 spiro atoms. The van der Waals surface area contributed by atoms with Crippen LogP contribution >= 0.6 is 22.6 Å². The fourth-order valence-electron chi connectivity index (χ4n) is 1.07. The lowest BCUT2D eigenvalue weighted by Gasteiger charge is -2.12. The summed E-state index contributed by atoms with van der Waals surface area (Å²) in [5.41, 5.74) is -1.18. The lowest BCUT2D eigenvalue weighted by atomic mass is 10.1. The Morgan fingerprint density at radius 3 is 2.36 bits per heavy atom. The molecule has 14 heavy (non-hydrogen) atoms. The SMILES string of the molecule is Cc1c(C(F)(F)F)cn(C)c(=O)c1I. The molecule has 0 aliphatic carbocycles. The van der Waals surface area contributed by atoms with Crippen molar-refractivity contribution in [1.82, 2.24) is 4.57 Å². The van der Waals surface area contributed by atoms with Crippen LogP contribution in [-0.2, 0) is 13.2 Å². The van der Waals surface area contributed by atoms with Gasteiger partial charge in [-0.1, -0.05) is 0 Å². The molecule has 1 rings (SSSR count). The third-order valence-corrected chi connectivity index (χ3v) is 3.14. The molecule has 0 unspecified atom stereocenters. The molecule has 1 heterocycles. The van der Waals surface area contributed by atoms with Gasteiger partial charge in [-0.05, 0) is 35.1 Å². The zero-order chi connectivity index (χ0) is 11.1. The number of rotatable bonds is 0. The Morgan fingerprint density at radius 2 is 1.93 bits per heavy atom. The van der Waals surface area contributed by atoms with Gasteiger partial charge in [0.25, 0.3) is 5.56 Å². The van der Waals surface area contributed by atoms with Crippen molar-refractivity contribution in [3.05, 3.63) is 31.2 Å². The lowest BCUT2D eigenvalue weighted by Crippen LogP contribution is -2.24. The van der Waals surface area contributed by atoms with Crippen molar-refractivity contribution in [2.24, 2.45) is 7.05 Å². The zero-order valence-electron chi connectivity index (χ0n) is 7.44. The predicted octanol–water partition coefficient (Wildman–Crippen LogP) is 2.32. The van der Waals surface area contributed by atoms with Crippen LogP contribution in [0, 0.1) is 10.5 Å². The van der Waals surface area contributed by atoms with Crippen LogP contribution in [0.25, 0.3) is 0 Å². The van der Waals surface area contributed by atoms with Crippen LogP contribution in [0.1, 0.15) is 11.1 Å². The summed E-state index contributed by atoms with van der Waals surface area (Å²) in [6.07, 6.45) is -3.59. The molecule has 0 aromatic carbocycles. The Bertz CT molecular complexity index is 422. The van der Waals surface area contributed by atoms with E-state index in [4.69, 9.17) is 0 Å². The van der Waals surface area contributed by atoms with E-state index in [0.717, 1.165) is 10.8 Å². The van der Waals surface area contributed by atoms with Crippen LogP contribution in [0.15, 0.2) is 11.0 Å². The quantitative estimate of drug-likeness (QED) is 0.673. The van der Waals surface area contributed by atoms with E-state index in [2.05, 4.69) is 0 Å². The van der Waals surface area contributed by atoms with Gasteiger partial charge in [0.05, 0.1) is 9.13 Å². The number of hydrogen-bond donors (Lipinski definition) is 0. The maximum Gasteiger partial charge on any atom is 0.418 e. The third kappa shape index (κ3) is 1.94. The smallest absolute Gasteiger partial charge is 0.317 e. The molecule has 0 saturated heterocycles. The van der Waals surface area contributed by atoms with E-state index in [0.29, 0.717) is 0 Å². The minimum Gasteiger partial charge on any atom is -0.317 e. The van der Waals surface area contributed by atoms with E-state index in [1.807, 2.05) is 0 Å². The number of hydrogen-bond acceptors (Lipinski definition) is 1. The molecule has 6 heteroatoms. The van der Waals surface area contributed by atoms with E-state index in [-0.39, 0.29) is 9.13 Å². The summed E-state index contributed by atoms with van der Waals surface area (Å²) in [5.74, 6) is 0. The number of halogens is 4. The molecule has 0 N–H and O–H groups in total. The first kappa shape index (κ1) is 11.5. The first-order valence-electron chi connectivity index (χ1n) is 3.68.